The van der Waals surface area contributed by atoms with Gasteiger partial charge < -0.3 is 0 Å². The molecular formula is C16H18GeO3. The predicted octanol–water partition coefficient (Wildman–Crippen LogP) is 3.22. The normalized spacial score (nSPS) is 14.2. The number of fused-ring (bicyclic) bond motifs is 3. The first-order valence-electron chi connectivity index (χ1n) is 6.61. The maximum atomic E-state index is 5.78. The van der Waals surface area contributed by atoms with Crippen LogP contribution in [0.15, 0.2) is 48.5 Å². The zero-order valence-electron chi connectivity index (χ0n) is 11.9. The molecule has 0 unspecified atom stereocenters. The van der Waals surface area contributed by atoms with Gasteiger partial charge in [-0.15, -0.1) is 0 Å². The molecule has 0 amide bonds. The van der Waals surface area contributed by atoms with Crippen molar-refractivity contribution in [2.75, 3.05) is 21.3 Å². The zero-order valence-corrected chi connectivity index (χ0v) is 14.0. The molecule has 0 bridgehead atoms. The van der Waals surface area contributed by atoms with E-state index in [-0.39, 0.29) is 4.75 Å². The number of hydrogen-bond acceptors (Lipinski definition) is 3. The summed E-state index contributed by atoms with van der Waals surface area (Å²) in [6.07, 6.45) is 0. The second kappa shape index (κ2) is 5.33. The van der Waals surface area contributed by atoms with Crippen LogP contribution in [-0.2, 0) is 11.3 Å². The van der Waals surface area contributed by atoms with Crippen molar-refractivity contribution in [3.63, 3.8) is 0 Å². The Kier molecular flexibility index (Phi) is 3.69. The van der Waals surface area contributed by atoms with Crippen LogP contribution in [0.2, 0.25) is 0 Å². The Bertz CT molecular complexity index is 569. The SMILES string of the molecule is C[O][Ge]([O]C)([O]C)[CH]1c2ccccc2-c2ccccc21. The van der Waals surface area contributed by atoms with Gasteiger partial charge in [-0.3, -0.25) is 0 Å². The molecule has 0 atom stereocenters. The monoisotopic (exact) mass is 332 g/mol. The molecule has 0 heterocycles. The van der Waals surface area contributed by atoms with Gasteiger partial charge in [-0.1, -0.05) is 0 Å². The summed E-state index contributed by atoms with van der Waals surface area (Å²) in [6, 6.07) is 16.9. The Morgan fingerprint density at radius 3 is 1.50 bits per heavy atom. The minimum absolute atomic E-state index is 0.0856. The summed E-state index contributed by atoms with van der Waals surface area (Å²) in [4.78, 5) is 0. The molecule has 0 N–H and O–H groups in total. The summed E-state index contributed by atoms with van der Waals surface area (Å²) in [5.41, 5.74) is 5.02. The molecule has 0 saturated heterocycles. The molecule has 104 valence electrons. The second-order valence-electron chi connectivity index (χ2n) is 4.82. The van der Waals surface area contributed by atoms with E-state index in [4.69, 9.17) is 11.3 Å². The van der Waals surface area contributed by atoms with Crippen LogP contribution in [0.3, 0.4) is 0 Å². The van der Waals surface area contributed by atoms with Gasteiger partial charge in [0.15, 0.2) is 0 Å². The summed E-state index contributed by atoms with van der Waals surface area (Å²) in [5, 5.41) is 0. The van der Waals surface area contributed by atoms with Crippen LogP contribution in [0.25, 0.3) is 11.1 Å². The van der Waals surface area contributed by atoms with Gasteiger partial charge in [0.1, 0.15) is 0 Å². The summed E-state index contributed by atoms with van der Waals surface area (Å²) in [7, 11) is 5.07. The summed E-state index contributed by atoms with van der Waals surface area (Å²) in [6.45, 7) is 0. The van der Waals surface area contributed by atoms with E-state index < -0.39 is 14.3 Å². The van der Waals surface area contributed by atoms with Gasteiger partial charge in [-0.25, -0.2) is 0 Å². The molecule has 0 aliphatic heterocycles. The Balaban J connectivity index is 2.26. The van der Waals surface area contributed by atoms with Crippen LogP contribution in [0.1, 0.15) is 15.9 Å². The van der Waals surface area contributed by atoms with Gasteiger partial charge in [0.05, 0.1) is 0 Å². The fourth-order valence-corrected chi connectivity index (χ4v) is 8.33. The number of benzene rings is 2. The van der Waals surface area contributed by atoms with Gasteiger partial charge in [0.25, 0.3) is 0 Å². The van der Waals surface area contributed by atoms with Crippen molar-refractivity contribution in [1.29, 1.82) is 0 Å². The van der Waals surface area contributed by atoms with Gasteiger partial charge in [-0.2, -0.15) is 0 Å². The molecule has 1 aliphatic rings. The third-order valence-corrected chi connectivity index (χ3v) is 10.4. The first-order valence-corrected chi connectivity index (χ1v) is 10.4. The molecule has 0 aromatic heterocycles. The first-order chi connectivity index (χ1) is 9.77. The molecule has 4 heteroatoms. The van der Waals surface area contributed by atoms with Crippen molar-refractivity contribution in [3.8, 4) is 11.1 Å². The molecule has 0 saturated carbocycles. The average Bonchev–Trinajstić information content (AvgIpc) is 2.86. The molecule has 2 aromatic carbocycles. The third kappa shape index (κ3) is 1.85. The predicted molar refractivity (Wildman–Crippen MR) is 80.5 cm³/mol. The number of hydrogen-bond donors (Lipinski definition) is 0. The fraction of sp³-hybridized carbons (Fsp3) is 0.250. The van der Waals surface area contributed by atoms with Crippen molar-refractivity contribution in [2.24, 2.45) is 0 Å². The molecule has 1 aliphatic carbocycles. The summed E-state index contributed by atoms with van der Waals surface area (Å²) >= 11 is -3.37. The van der Waals surface area contributed by atoms with Gasteiger partial charge in [-0.05, 0) is 0 Å². The van der Waals surface area contributed by atoms with Crippen molar-refractivity contribution < 1.29 is 11.3 Å². The van der Waals surface area contributed by atoms with Crippen LogP contribution in [0.5, 0.6) is 0 Å². The van der Waals surface area contributed by atoms with E-state index in [2.05, 4.69) is 48.5 Å². The minimum atomic E-state index is -3.37. The Labute approximate surface area is 122 Å². The van der Waals surface area contributed by atoms with Gasteiger partial charge >= 0.3 is 122 Å². The van der Waals surface area contributed by atoms with E-state index >= 15 is 0 Å². The van der Waals surface area contributed by atoms with Crippen molar-refractivity contribution >= 4 is 14.3 Å². The molecule has 3 nitrogen and oxygen atoms in total. The molecule has 20 heavy (non-hydrogen) atoms. The van der Waals surface area contributed by atoms with Crippen molar-refractivity contribution in [1.82, 2.24) is 0 Å². The molecule has 0 spiro atoms. The summed E-state index contributed by atoms with van der Waals surface area (Å²) < 4.78 is 17.4. The standard InChI is InChI=1S/C16H18GeO3/c1-18-17(19-2,20-3)16-14-10-6-4-8-12(14)13-9-5-7-11-15(13)16/h4-11,16H,1-3H3. The van der Waals surface area contributed by atoms with Crippen molar-refractivity contribution in [3.05, 3.63) is 59.7 Å². The average molecular weight is 331 g/mol. The van der Waals surface area contributed by atoms with E-state index in [1.165, 1.54) is 22.3 Å². The van der Waals surface area contributed by atoms with E-state index in [0.717, 1.165) is 0 Å². The molecular weight excluding hydrogens is 313 g/mol. The van der Waals surface area contributed by atoms with Gasteiger partial charge in [0, 0.05) is 0 Å². The van der Waals surface area contributed by atoms with Crippen LogP contribution in [-0.4, -0.2) is 35.6 Å². The van der Waals surface area contributed by atoms with Crippen LogP contribution >= 0.6 is 0 Å². The molecule has 2 aromatic rings. The molecule has 0 fully saturated rings. The van der Waals surface area contributed by atoms with Crippen LogP contribution in [0, 0.1) is 0 Å². The molecule has 3 rings (SSSR count). The zero-order chi connectivity index (χ0) is 14.2. The summed E-state index contributed by atoms with van der Waals surface area (Å²) in [5.74, 6) is 0. The topological polar surface area (TPSA) is 27.7 Å². The van der Waals surface area contributed by atoms with E-state index in [0.29, 0.717) is 0 Å². The van der Waals surface area contributed by atoms with Crippen molar-refractivity contribution in [2.45, 2.75) is 4.75 Å². The van der Waals surface area contributed by atoms with Crippen LogP contribution < -0.4 is 0 Å². The second-order valence-corrected chi connectivity index (χ2v) is 11.1. The Hall–Kier alpha value is -1.14. The Morgan fingerprint density at radius 2 is 1.10 bits per heavy atom. The quantitative estimate of drug-likeness (QED) is 0.806. The van der Waals surface area contributed by atoms with Crippen LogP contribution in [0.4, 0.5) is 0 Å². The van der Waals surface area contributed by atoms with Gasteiger partial charge in [0.2, 0.25) is 0 Å². The van der Waals surface area contributed by atoms with E-state index in [1.807, 2.05) is 0 Å². The fourth-order valence-electron chi connectivity index (χ4n) is 3.14. The van der Waals surface area contributed by atoms with E-state index in [9.17, 15) is 0 Å². The Morgan fingerprint density at radius 1 is 0.700 bits per heavy atom. The first kappa shape index (κ1) is 13.8. The number of rotatable bonds is 4. The van der Waals surface area contributed by atoms with E-state index in [1.54, 1.807) is 21.3 Å². The molecule has 0 radical (unpaired) electrons. The third-order valence-electron chi connectivity index (χ3n) is 4.04. The maximum absolute atomic E-state index is 5.78.